The number of nitrogens with one attached hydrogen (secondary N) is 4. The van der Waals surface area contributed by atoms with Gasteiger partial charge in [0.15, 0.2) is 5.16 Å². The molecule has 0 unspecified atom stereocenters. The van der Waals surface area contributed by atoms with E-state index in [4.69, 9.17) is 11.6 Å². The lowest BCUT2D eigenvalue weighted by Gasteiger charge is -2.10. The van der Waals surface area contributed by atoms with Gasteiger partial charge in [0.2, 0.25) is 29.1 Å². The number of nitrogens with zero attached hydrogens (tertiary/aromatic N) is 6. The smallest absolute Gasteiger partial charge is 0.228 e. The zero-order valence-corrected chi connectivity index (χ0v) is 19.6. The molecule has 0 radical (unpaired) electrons. The molecule has 0 aromatic carbocycles. The largest absolute Gasteiger partial charge is 0.354 e. The van der Waals surface area contributed by atoms with Crippen LogP contribution in [-0.2, 0) is 0 Å². The van der Waals surface area contributed by atoms with E-state index in [9.17, 15) is 0 Å². The average molecular weight is 443 g/mol. The second-order valence-electron chi connectivity index (χ2n) is 6.38. The van der Waals surface area contributed by atoms with E-state index in [-0.39, 0.29) is 11.3 Å². The molecule has 2 aromatic heterocycles. The Bertz CT molecular complexity index is 744. The lowest BCUT2D eigenvalue weighted by molar-refractivity contribution is 0.835. The number of anilines is 4. The molecule has 2 aromatic rings. The van der Waals surface area contributed by atoms with E-state index in [2.05, 4.69) is 65.0 Å². The third-order valence-corrected chi connectivity index (χ3v) is 3.63. The molecule has 2 heterocycles. The number of halogens is 1. The van der Waals surface area contributed by atoms with Crippen LogP contribution >= 0.6 is 23.4 Å². The summed E-state index contributed by atoms with van der Waals surface area (Å²) in [7, 11) is 0. The van der Waals surface area contributed by atoms with Gasteiger partial charge in [0.05, 0.1) is 0 Å². The Morgan fingerprint density at radius 1 is 0.724 bits per heavy atom. The minimum atomic E-state index is 0.194. The van der Waals surface area contributed by atoms with E-state index in [0.29, 0.717) is 29.8 Å². The third-order valence-electron chi connectivity index (χ3n) is 2.91. The molecule has 0 aliphatic heterocycles. The Morgan fingerprint density at radius 3 is 1.59 bits per heavy atom. The first-order chi connectivity index (χ1) is 13.8. The first kappa shape index (κ1) is 24.9. The van der Waals surface area contributed by atoms with Crippen molar-refractivity contribution in [1.82, 2.24) is 29.9 Å². The summed E-state index contributed by atoms with van der Waals surface area (Å²) >= 11 is 7.23. The first-order valence-electron chi connectivity index (χ1n) is 9.49. The fraction of sp³-hybridized carbons (Fsp3) is 0.647. The maximum atomic E-state index is 5.73. The van der Waals surface area contributed by atoms with Gasteiger partial charge in [0.25, 0.3) is 0 Å². The van der Waals surface area contributed by atoms with Crippen LogP contribution in [0.25, 0.3) is 0 Å². The topological polar surface area (TPSA) is 125 Å². The van der Waals surface area contributed by atoms with E-state index in [1.807, 2.05) is 34.0 Å². The van der Waals surface area contributed by atoms with Crippen molar-refractivity contribution in [2.24, 2.45) is 0 Å². The number of thioether (sulfide) groups is 1. The van der Waals surface area contributed by atoms with Gasteiger partial charge in [-0.3, -0.25) is 0 Å². The fourth-order valence-electron chi connectivity index (χ4n) is 1.92. The van der Waals surface area contributed by atoms with Crippen molar-refractivity contribution in [3.05, 3.63) is 5.28 Å². The van der Waals surface area contributed by atoms with E-state index in [1.54, 1.807) is 0 Å². The van der Waals surface area contributed by atoms with Crippen LogP contribution in [0, 0.1) is 0 Å². The Morgan fingerprint density at radius 2 is 1.14 bits per heavy atom. The molecule has 0 aliphatic carbocycles. The molecule has 0 bridgehead atoms. The van der Waals surface area contributed by atoms with Crippen LogP contribution in [0.2, 0.25) is 5.28 Å². The van der Waals surface area contributed by atoms with Crippen molar-refractivity contribution in [2.45, 2.75) is 58.8 Å². The zero-order chi connectivity index (χ0) is 21.8. The monoisotopic (exact) mass is 442 g/mol. The quantitative estimate of drug-likeness (QED) is 0.425. The van der Waals surface area contributed by atoms with Crippen LogP contribution in [0.15, 0.2) is 5.16 Å². The number of aromatic nitrogens is 6. The maximum absolute atomic E-state index is 5.73. The molecule has 0 saturated carbocycles. The summed E-state index contributed by atoms with van der Waals surface area (Å²) in [4.78, 5) is 24.8. The maximum Gasteiger partial charge on any atom is 0.228 e. The predicted octanol–water partition coefficient (Wildman–Crippen LogP) is 3.62. The summed E-state index contributed by atoms with van der Waals surface area (Å²) in [5, 5.41) is 13.2. The predicted molar refractivity (Wildman–Crippen MR) is 122 cm³/mol. The molecule has 12 heteroatoms. The summed E-state index contributed by atoms with van der Waals surface area (Å²) in [5.41, 5.74) is 0. The molecular weight excluding hydrogens is 412 g/mol. The van der Waals surface area contributed by atoms with Gasteiger partial charge in [0.1, 0.15) is 0 Å². The van der Waals surface area contributed by atoms with E-state index in [1.165, 1.54) is 11.8 Å². The molecule has 0 saturated heterocycles. The standard InChI is InChI=1S/C9H17N5S.C8H14ClN5/c1-5-10-7-12-8(11-6(2)3)14-9(13-7)15-4;1-4-10-7-12-6(9)13-8(14-7)11-5(2)3/h6H,5H2,1-4H3,(H2,10,11,12,13,14);5H,4H2,1-3H3,(H2,10,11,12,13,14). The van der Waals surface area contributed by atoms with Crippen molar-refractivity contribution < 1.29 is 0 Å². The highest BCUT2D eigenvalue weighted by atomic mass is 35.5. The number of rotatable bonds is 9. The molecule has 0 aliphatic rings. The van der Waals surface area contributed by atoms with Crippen LogP contribution < -0.4 is 21.3 Å². The lowest BCUT2D eigenvalue weighted by atomic mass is 10.4. The zero-order valence-electron chi connectivity index (χ0n) is 18.0. The Kier molecular flexibility index (Phi) is 11.3. The van der Waals surface area contributed by atoms with Gasteiger partial charge in [-0.05, 0) is 59.4 Å². The highest BCUT2D eigenvalue weighted by Gasteiger charge is 2.06. The van der Waals surface area contributed by atoms with Gasteiger partial charge >= 0.3 is 0 Å². The van der Waals surface area contributed by atoms with Crippen molar-refractivity contribution in [1.29, 1.82) is 0 Å². The van der Waals surface area contributed by atoms with Crippen LogP contribution in [0.5, 0.6) is 0 Å². The first-order valence-corrected chi connectivity index (χ1v) is 11.1. The third kappa shape index (κ3) is 10.3. The summed E-state index contributed by atoms with van der Waals surface area (Å²) in [5.74, 6) is 2.24. The van der Waals surface area contributed by atoms with Crippen molar-refractivity contribution in [2.75, 3.05) is 40.6 Å². The molecule has 29 heavy (non-hydrogen) atoms. The summed E-state index contributed by atoms with van der Waals surface area (Å²) < 4.78 is 0. The molecule has 0 fully saturated rings. The van der Waals surface area contributed by atoms with Crippen molar-refractivity contribution >= 4 is 47.2 Å². The second-order valence-corrected chi connectivity index (χ2v) is 7.49. The minimum absolute atomic E-state index is 0.194. The highest BCUT2D eigenvalue weighted by Crippen LogP contribution is 2.14. The summed E-state index contributed by atoms with van der Waals surface area (Å²) in [6.07, 6.45) is 1.95. The van der Waals surface area contributed by atoms with E-state index >= 15 is 0 Å². The van der Waals surface area contributed by atoms with Crippen LogP contribution in [0.1, 0.15) is 41.5 Å². The SMILES string of the molecule is CCNc1nc(Cl)nc(NC(C)C)n1.CCNc1nc(NC(C)C)nc(SC)n1. The van der Waals surface area contributed by atoms with E-state index in [0.717, 1.165) is 18.2 Å². The molecule has 4 N–H and O–H groups in total. The normalized spacial score (nSPS) is 10.4. The second kappa shape index (κ2) is 13.2. The molecular formula is C17H31ClN10S. The molecule has 162 valence electrons. The molecule has 10 nitrogen and oxygen atoms in total. The van der Waals surface area contributed by atoms with Gasteiger partial charge in [0, 0.05) is 25.2 Å². The summed E-state index contributed by atoms with van der Waals surface area (Å²) in [6, 6.07) is 0.583. The molecule has 0 atom stereocenters. The Hall–Kier alpha value is -2.14. The fourth-order valence-corrected chi connectivity index (χ4v) is 2.43. The minimum Gasteiger partial charge on any atom is -0.354 e. The van der Waals surface area contributed by atoms with Crippen LogP contribution in [0.3, 0.4) is 0 Å². The molecule has 0 spiro atoms. The van der Waals surface area contributed by atoms with Crippen molar-refractivity contribution in [3.63, 3.8) is 0 Å². The summed E-state index contributed by atoms with van der Waals surface area (Å²) in [6.45, 7) is 13.6. The van der Waals surface area contributed by atoms with Crippen LogP contribution in [0.4, 0.5) is 23.8 Å². The van der Waals surface area contributed by atoms with E-state index < -0.39 is 0 Å². The van der Waals surface area contributed by atoms with Gasteiger partial charge in [-0.25, -0.2) is 0 Å². The highest BCUT2D eigenvalue weighted by molar-refractivity contribution is 7.98. The van der Waals surface area contributed by atoms with Crippen LogP contribution in [-0.4, -0.2) is 61.3 Å². The van der Waals surface area contributed by atoms with Gasteiger partial charge in [-0.2, -0.15) is 29.9 Å². The van der Waals surface area contributed by atoms with Gasteiger partial charge in [-0.15, -0.1) is 0 Å². The van der Waals surface area contributed by atoms with Gasteiger partial charge < -0.3 is 21.3 Å². The van der Waals surface area contributed by atoms with Crippen molar-refractivity contribution in [3.8, 4) is 0 Å². The molecule has 0 amide bonds. The Labute approximate surface area is 181 Å². The molecule has 2 rings (SSSR count). The Balaban J connectivity index is 0.000000291. The van der Waals surface area contributed by atoms with Gasteiger partial charge in [-0.1, -0.05) is 11.8 Å². The number of hydrogen-bond acceptors (Lipinski definition) is 11. The number of hydrogen-bond donors (Lipinski definition) is 4. The lowest BCUT2D eigenvalue weighted by Crippen LogP contribution is -2.15. The average Bonchev–Trinajstić information content (AvgIpc) is 2.61.